The highest BCUT2D eigenvalue weighted by Gasteiger charge is 2.46. The van der Waals surface area contributed by atoms with E-state index in [0.29, 0.717) is 17.4 Å². The van der Waals surface area contributed by atoms with E-state index in [1.165, 1.54) is 5.57 Å². The lowest BCUT2D eigenvalue weighted by molar-refractivity contribution is 0.384. The molecule has 1 saturated heterocycles. The Labute approximate surface area is 115 Å². The Balaban J connectivity index is 1.96. The lowest BCUT2D eigenvalue weighted by atomic mass is 10.1. The Hall–Kier alpha value is -1.13. The molecule has 2 fully saturated rings. The van der Waals surface area contributed by atoms with Gasteiger partial charge in [-0.05, 0) is 44.7 Å². The zero-order valence-electron chi connectivity index (χ0n) is 11.3. The van der Waals surface area contributed by atoms with Gasteiger partial charge in [0, 0.05) is 12.6 Å². The Bertz CT molecular complexity index is 616. The summed E-state index contributed by atoms with van der Waals surface area (Å²) < 4.78 is 27.1. The van der Waals surface area contributed by atoms with Gasteiger partial charge in [0.1, 0.15) is 0 Å². The third-order valence-corrected chi connectivity index (χ3v) is 6.18. The van der Waals surface area contributed by atoms with Crippen molar-refractivity contribution in [1.82, 2.24) is 4.31 Å². The van der Waals surface area contributed by atoms with Gasteiger partial charge < -0.3 is 0 Å². The number of aryl methyl sites for hydroxylation is 1. The molecule has 1 aliphatic carbocycles. The van der Waals surface area contributed by atoms with Crippen LogP contribution in [0.3, 0.4) is 0 Å². The van der Waals surface area contributed by atoms with Crippen LogP contribution in [0.4, 0.5) is 0 Å². The van der Waals surface area contributed by atoms with Gasteiger partial charge in [-0.1, -0.05) is 29.3 Å². The van der Waals surface area contributed by atoms with Crippen LogP contribution < -0.4 is 0 Å². The van der Waals surface area contributed by atoms with E-state index < -0.39 is 10.0 Å². The minimum absolute atomic E-state index is 0.0984. The van der Waals surface area contributed by atoms with E-state index in [2.05, 4.69) is 6.08 Å². The van der Waals surface area contributed by atoms with Crippen molar-refractivity contribution in [1.29, 1.82) is 0 Å². The average Bonchev–Trinajstić information content (AvgIpc) is 2.98. The molecule has 0 aromatic heterocycles. The Morgan fingerprint density at radius 2 is 1.95 bits per heavy atom. The third kappa shape index (κ3) is 2.03. The van der Waals surface area contributed by atoms with Crippen molar-refractivity contribution in [3.63, 3.8) is 0 Å². The maximum Gasteiger partial charge on any atom is 0.243 e. The maximum absolute atomic E-state index is 12.7. The van der Waals surface area contributed by atoms with Gasteiger partial charge >= 0.3 is 0 Å². The molecule has 19 heavy (non-hydrogen) atoms. The number of fused-ring (bicyclic) bond motifs is 2. The molecule has 2 atom stereocenters. The van der Waals surface area contributed by atoms with Gasteiger partial charge in [0.15, 0.2) is 0 Å². The van der Waals surface area contributed by atoms with E-state index in [4.69, 9.17) is 0 Å². The Kier molecular flexibility index (Phi) is 3.02. The molecular formula is C15H19NO2S. The smallest absolute Gasteiger partial charge is 0.207 e. The quantitative estimate of drug-likeness (QED) is 0.779. The highest BCUT2D eigenvalue weighted by Crippen LogP contribution is 2.43. The second-order valence-electron chi connectivity index (χ2n) is 5.57. The molecule has 0 radical (unpaired) electrons. The van der Waals surface area contributed by atoms with E-state index in [0.717, 1.165) is 18.4 Å². The van der Waals surface area contributed by atoms with Crippen LogP contribution in [0.5, 0.6) is 0 Å². The van der Waals surface area contributed by atoms with E-state index in [-0.39, 0.29) is 6.04 Å². The molecule has 0 amide bonds. The SMILES string of the molecule is C/C=C1\C[C@@H]2C[C@H]1N(S(=O)(=O)c1ccc(C)cc1)C2. The molecule has 1 aromatic rings. The van der Waals surface area contributed by atoms with Crippen molar-refractivity contribution in [3.8, 4) is 0 Å². The highest BCUT2D eigenvalue weighted by atomic mass is 32.2. The fourth-order valence-corrected chi connectivity index (χ4v) is 4.98. The van der Waals surface area contributed by atoms with Gasteiger partial charge in [-0.25, -0.2) is 8.42 Å². The lowest BCUT2D eigenvalue weighted by Crippen LogP contribution is -2.38. The second-order valence-corrected chi connectivity index (χ2v) is 7.46. The lowest BCUT2D eigenvalue weighted by Gasteiger charge is -2.28. The summed E-state index contributed by atoms with van der Waals surface area (Å²) in [5, 5.41) is 0. The first-order valence-electron chi connectivity index (χ1n) is 6.76. The zero-order valence-corrected chi connectivity index (χ0v) is 12.2. The normalized spacial score (nSPS) is 29.3. The summed E-state index contributed by atoms with van der Waals surface area (Å²) >= 11 is 0. The van der Waals surface area contributed by atoms with Crippen LogP contribution in [0.2, 0.25) is 0 Å². The fraction of sp³-hybridized carbons (Fsp3) is 0.467. The summed E-state index contributed by atoms with van der Waals surface area (Å²) in [5.74, 6) is 0.511. The Morgan fingerprint density at radius 3 is 2.53 bits per heavy atom. The predicted molar refractivity (Wildman–Crippen MR) is 75.3 cm³/mol. The van der Waals surface area contributed by atoms with E-state index >= 15 is 0 Å². The number of rotatable bonds is 2. The van der Waals surface area contributed by atoms with Crippen molar-refractivity contribution in [2.24, 2.45) is 5.92 Å². The molecular weight excluding hydrogens is 258 g/mol. The molecule has 0 unspecified atom stereocenters. The summed E-state index contributed by atoms with van der Waals surface area (Å²) in [7, 11) is -3.34. The first-order valence-corrected chi connectivity index (χ1v) is 8.20. The summed E-state index contributed by atoms with van der Waals surface area (Å²) in [4.78, 5) is 0.418. The van der Waals surface area contributed by atoms with Crippen molar-refractivity contribution in [3.05, 3.63) is 41.5 Å². The van der Waals surface area contributed by atoms with E-state index in [1.54, 1.807) is 16.4 Å². The molecule has 3 rings (SSSR count). The predicted octanol–water partition coefficient (Wildman–Crippen LogP) is 2.72. The molecule has 0 spiro atoms. The van der Waals surface area contributed by atoms with Gasteiger partial charge in [-0.3, -0.25) is 0 Å². The molecule has 102 valence electrons. The van der Waals surface area contributed by atoms with E-state index in [1.807, 2.05) is 26.0 Å². The molecule has 4 heteroatoms. The number of nitrogens with zero attached hydrogens (tertiary/aromatic N) is 1. The third-order valence-electron chi connectivity index (χ3n) is 4.29. The number of hydrogen-bond donors (Lipinski definition) is 0. The topological polar surface area (TPSA) is 37.4 Å². The molecule has 1 saturated carbocycles. The monoisotopic (exact) mass is 277 g/mol. The molecule has 2 aliphatic rings. The van der Waals surface area contributed by atoms with Crippen LogP contribution in [-0.2, 0) is 10.0 Å². The van der Waals surface area contributed by atoms with Gasteiger partial charge in [0.25, 0.3) is 0 Å². The molecule has 0 N–H and O–H groups in total. The van der Waals surface area contributed by atoms with Crippen LogP contribution in [-0.4, -0.2) is 25.3 Å². The van der Waals surface area contributed by atoms with Crippen molar-refractivity contribution in [2.45, 2.75) is 37.6 Å². The Morgan fingerprint density at radius 1 is 1.26 bits per heavy atom. The van der Waals surface area contributed by atoms with Crippen molar-refractivity contribution < 1.29 is 8.42 Å². The van der Waals surface area contributed by atoms with Gasteiger partial charge in [0.05, 0.1) is 4.90 Å². The van der Waals surface area contributed by atoms with Crippen LogP contribution in [0.15, 0.2) is 40.8 Å². The maximum atomic E-state index is 12.7. The number of sulfonamides is 1. The molecule has 3 nitrogen and oxygen atoms in total. The van der Waals surface area contributed by atoms with Crippen LogP contribution in [0.25, 0.3) is 0 Å². The molecule has 2 bridgehead atoms. The van der Waals surface area contributed by atoms with Crippen molar-refractivity contribution in [2.75, 3.05) is 6.54 Å². The summed E-state index contributed by atoms with van der Waals surface area (Å²) in [6.07, 6.45) is 4.15. The second kappa shape index (κ2) is 4.46. The molecule has 1 heterocycles. The number of benzene rings is 1. The minimum atomic E-state index is -3.34. The van der Waals surface area contributed by atoms with Gasteiger partial charge in [-0.15, -0.1) is 0 Å². The zero-order chi connectivity index (χ0) is 13.6. The first kappa shape index (κ1) is 12.9. The number of hydrogen-bond acceptors (Lipinski definition) is 2. The fourth-order valence-electron chi connectivity index (χ4n) is 3.26. The standard InChI is InChI=1S/C15H19NO2S/c1-3-13-8-12-9-15(13)16(10-12)19(17,18)14-6-4-11(2)5-7-14/h3-7,12,15H,8-10H2,1-2H3/b13-3+/t12-,15-/m1/s1. The van der Waals surface area contributed by atoms with Crippen LogP contribution >= 0.6 is 0 Å². The number of piperidine rings is 1. The average molecular weight is 277 g/mol. The van der Waals surface area contributed by atoms with Crippen LogP contribution in [0, 0.1) is 12.8 Å². The molecule has 1 aliphatic heterocycles. The van der Waals surface area contributed by atoms with Gasteiger partial charge in [0.2, 0.25) is 10.0 Å². The van der Waals surface area contributed by atoms with Gasteiger partial charge in [-0.2, -0.15) is 4.31 Å². The minimum Gasteiger partial charge on any atom is -0.207 e. The van der Waals surface area contributed by atoms with Crippen molar-refractivity contribution >= 4 is 10.0 Å². The number of allylic oxidation sites excluding steroid dienone is 1. The first-order chi connectivity index (χ1) is 9.02. The summed E-state index contributed by atoms with van der Waals surface area (Å²) in [5.41, 5.74) is 2.36. The van der Waals surface area contributed by atoms with E-state index in [9.17, 15) is 8.42 Å². The summed E-state index contributed by atoms with van der Waals surface area (Å²) in [6.45, 7) is 4.65. The highest BCUT2D eigenvalue weighted by molar-refractivity contribution is 7.89. The summed E-state index contributed by atoms with van der Waals surface area (Å²) in [6, 6.07) is 7.24. The molecule has 1 aromatic carbocycles. The van der Waals surface area contributed by atoms with Crippen LogP contribution in [0.1, 0.15) is 25.3 Å². The largest absolute Gasteiger partial charge is 0.243 e.